The third-order valence-corrected chi connectivity index (χ3v) is 3.54. The molecule has 7 heteroatoms. The minimum atomic E-state index is -0.208. The van der Waals surface area contributed by atoms with Crippen LogP contribution in [0.25, 0.3) is 0 Å². The van der Waals surface area contributed by atoms with Gasteiger partial charge in [-0.2, -0.15) is 0 Å². The van der Waals surface area contributed by atoms with Gasteiger partial charge in [0.1, 0.15) is 0 Å². The van der Waals surface area contributed by atoms with Crippen LogP contribution in [0.1, 0.15) is 40.5 Å². The molecule has 0 radical (unpaired) electrons. The molecule has 0 aromatic heterocycles. The quantitative estimate of drug-likeness (QED) is 0.333. The number of guanidine groups is 1. The lowest BCUT2D eigenvalue weighted by atomic mass is 10.1. The molecule has 1 aliphatic heterocycles. The van der Waals surface area contributed by atoms with Crippen molar-refractivity contribution in [2.75, 3.05) is 39.8 Å². The van der Waals surface area contributed by atoms with Gasteiger partial charge in [-0.3, -0.25) is 9.79 Å². The molecule has 1 rings (SSSR count). The van der Waals surface area contributed by atoms with Crippen molar-refractivity contribution in [3.8, 4) is 0 Å². The van der Waals surface area contributed by atoms with Crippen molar-refractivity contribution in [2.24, 2.45) is 10.9 Å². The minimum Gasteiger partial charge on any atom is -0.356 e. The van der Waals surface area contributed by atoms with E-state index in [0.717, 1.165) is 13.1 Å². The third-order valence-electron chi connectivity index (χ3n) is 3.54. The van der Waals surface area contributed by atoms with Crippen molar-refractivity contribution in [3.05, 3.63) is 0 Å². The summed E-state index contributed by atoms with van der Waals surface area (Å²) in [5.41, 5.74) is -0.208. The maximum Gasteiger partial charge on any atom is 0.239 e. The normalized spacial score (nSPS) is 17.3. The van der Waals surface area contributed by atoms with Gasteiger partial charge in [-0.1, -0.05) is 6.92 Å². The highest BCUT2D eigenvalue weighted by molar-refractivity contribution is 14.0. The summed E-state index contributed by atoms with van der Waals surface area (Å²) in [6.07, 6.45) is 2.65. The fourth-order valence-electron chi connectivity index (χ4n) is 2.59. The van der Waals surface area contributed by atoms with Crippen LogP contribution in [0, 0.1) is 5.92 Å². The van der Waals surface area contributed by atoms with Crippen LogP contribution in [0.3, 0.4) is 0 Å². The highest BCUT2D eigenvalue weighted by Crippen LogP contribution is 2.09. The molecule has 3 N–H and O–H groups in total. The maximum absolute atomic E-state index is 11.8. The smallest absolute Gasteiger partial charge is 0.239 e. The summed E-state index contributed by atoms with van der Waals surface area (Å²) in [5.74, 6) is 1.21. The standard InChI is InChI=1S/C16H33N5O.HI/c1-13(12-21-8-6-7-9-21)10-18-15(17-5)19-11-14(22)20-16(2,3)4;/h13H,6-12H2,1-5H3,(H,20,22)(H2,17,18,19);1H. The van der Waals surface area contributed by atoms with Crippen LogP contribution in [0.2, 0.25) is 0 Å². The number of halogens is 1. The van der Waals surface area contributed by atoms with Gasteiger partial charge in [0.25, 0.3) is 0 Å². The number of hydrogen-bond donors (Lipinski definition) is 3. The summed E-state index contributed by atoms with van der Waals surface area (Å²) in [6.45, 7) is 12.8. The summed E-state index contributed by atoms with van der Waals surface area (Å²) in [5, 5.41) is 9.27. The second-order valence-corrected chi connectivity index (χ2v) is 7.22. The molecule has 136 valence electrons. The second kappa shape index (κ2) is 11.1. The summed E-state index contributed by atoms with van der Waals surface area (Å²) < 4.78 is 0. The lowest BCUT2D eigenvalue weighted by Crippen LogP contribution is -2.48. The van der Waals surface area contributed by atoms with Crippen molar-refractivity contribution < 1.29 is 4.79 Å². The first-order valence-electron chi connectivity index (χ1n) is 8.28. The average Bonchev–Trinajstić information content (AvgIpc) is 2.89. The van der Waals surface area contributed by atoms with E-state index in [4.69, 9.17) is 0 Å². The zero-order chi connectivity index (χ0) is 16.6. The van der Waals surface area contributed by atoms with Gasteiger partial charge < -0.3 is 20.9 Å². The predicted octanol–water partition coefficient (Wildman–Crippen LogP) is 1.42. The zero-order valence-electron chi connectivity index (χ0n) is 15.2. The van der Waals surface area contributed by atoms with Crippen LogP contribution < -0.4 is 16.0 Å². The lowest BCUT2D eigenvalue weighted by molar-refractivity contribution is -0.121. The van der Waals surface area contributed by atoms with Gasteiger partial charge in [0, 0.05) is 25.7 Å². The molecule has 0 aromatic rings. The van der Waals surface area contributed by atoms with E-state index in [-0.39, 0.29) is 42.0 Å². The van der Waals surface area contributed by atoms with E-state index in [2.05, 4.69) is 32.8 Å². The number of carbonyl (C=O) groups excluding carboxylic acids is 1. The van der Waals surface area contributed by atoms with Crippen LogP contribution in [0.4, 0.5) is 0 Å². The Morgan fingerprint density at radius 2 is 1.83 bits per heavy atom. The molecule has 1 amide bonds. The number of amides is 1. The molecular formula is C16H34IN5O. The van der Waals surface area contributed by atoms with Crippen molar-refractivity contribution in [1.82, 2.24) is 20.9 Å². The molecule has 23 heavy (non-hydrogen) atoms. The molecule has 1 unspecified atom stereocenters. The van der Waals surface area contributed by atoms with E-state index in [1.807, 2.05) is 20.8 Å². The Bertz CT molecular complexity index is 375. The number of likely N-dealkylation sites (tertiary alicyclic amines) is 1. The molecule has 0 aromatic carbocycles. The van der Waals surface area contributed by atoms with Gasteiger partial charge >= 0.3 is 0 Å². The maximum atomic E-state index is 11.8. The molecular weight excluding hydrogens is 405 g/mol. The number of nitrogens with one attached hydrogen (secondary N) is 3. The Balaban J connectivity index is 0.00000484. The van der Waals surface area contributed by atoms with Gasteiger partial charge in [0.05, 0.1) is 6.54 Å². The van der Waals surface area contributed by atoms with Gasteiger partial charge in [-0.25, -0.2) is 0 Å². The largest absolute Gasteiger partial charge is 0.356 e. The van der Waals surface area contributed by atoms with Gasteiger partial charge in [0.2, 0.25) is 5.91 Å². The molecule has 1 atom stereocenters. The molecule has 0 saturated carbocycles. The molecule has 1 aliphatic rings. The van der Waals surface area contributed by atoms with E-state index in [1.165, 1.54) is 25.9 Å². The number of carbonyl (C=O) groups is 1. The first kappa shape index (κ1) is 22.4. The Labute approximate surface area is 158 Å². The fraction of sp³-hybridized carbons (Fsp3) is 0.875. The van der Waals surface area contributed by atoms with Crippen LogP contribution >= 0.6 is 24.0 Å². The lowest BCUT2D eigenvalue weighted by Gasteiger charge is -2.22. The Morgan fingerprint density at radius 1 is 1.22 bits per heavy atom. The van der Waals surface area contributed by atoms with E-state index >= 15 is 0 Å². The number of nitrogens with zero attached hydrogens (tertiary/aromatic N) is 2. The monoisotopic (exact) mass is 439 g/mol. The summed E-state index contributed by atoms with van der Waals surface area (Å²) in [7, 11) is 1.72. The Morgan fingerprint density at radius 3 is 2.35 bits per heavy atom. The Kier molecular flexibility index (Phi) is 10.8. The third kappa shape index (κ3) is 10.8. The van der Waals surface area contributed by atoms with Crippen LogP contribution in [-0.4, -0.2) is 62.1 Å². The van der Waals surface area contributed by atoms with Gasteiger partial charge in [-0.05, 0) is 52.6 Å². The van der Waals surface area contributed by atoms with Crippen LogP contribution in [-0.2, 0) is 4.79 Å². The second-order valence-electron chi connectivity index (χ2n) is 7.22. The summed E-state index contributed by atoms with van der Waals surface area (Å²) in [6, 6.07) is 0. The number of aliphatic imine (C=N–C) groups is 1. The van der Waals surface area contributed by atoms with Gasteiger partial charge in [0.15, 0.2) is 5.96 Å². The summed E-state index contributed by atoms with van der Waals surface area (Å²) >= 11 is 0. The van der Waals surface area contributed by atoms with E-state index in [1.54, 1.807) is 7.05 Å². The van der Waals surface area contributed by atoms with Crippen LogP contribution in [0.15, 0.2) is 4.99 Å². The van der Waals surface area contributed by atoms with E-state index in [9.17, 15) is 4.79 Å². The average molecular weight is 439 g/mol. The number of hydrogen-bond acceptors (Lipinski definition) is 3. The highest BCUT2D eigenvalue weighted by atomic mass is 127. The van der Waals surface area contributed by atoms with E-state index < -0.39 is 0 Å². The SMILES string of the molecule is CN=C(NCC(=O)NC(C)(C)C)NCC(C)CN1CCCC1.I. The molecule has 0 aliphatic carbocycles. The molecule has 1 saturated heterocycles. The molecule has 6 nitrogen and oxygen atoms in total. The van der Waals surface area contributed by atoms with E-state index in [0.29, 0.717) is 11.9 Å². The van der Waals surface area contributed by atoms with Gasteiger partial charge in [-0.15, -0.1) is 24.0 Å². The first-order valence-corrected chi connectivity index (χ1v) is 8.28. The topological polar surface area (TPSA) is 68.8 Å². The van der Waals surface area contributed by atoms with Crippen molar-refractivity contribution in [3.63, 3.8) is 0 Å². The minimum absolute atomic E-state index is 0. The highest BCUT2D eigenvalue weighted by Gasteiger charge is 2.16. The first-order chi connectivity index (χ1) is 10.3. The Hall–Kier alpha value is -0.570. The van der Waals surface area contributed by atoms with Crippen molar-refractivity contribution >= 4 is 35.8 Å². The fourth-order valence-corrected chi connectivity index (χ4v) is 2.59. The summed E-state index contributed by atoms with van der Waals surface area (Å²) in [4.78, 5) is 18.5. The van der Waals surface area contributed by atoms with Crippen LogP contribution in [0.5, 0.6) is 0 Å². The number of rotatable bonds is 6. The zero-order valence-corrected chi connectivity index (χ0v) is 17.6. The molecule has 0 bridgehead atoms. The van der Waals surface area contributed by atoms with Crippen molar-refractivity contribution in [2.45, 2.75) is 46.1 Å². The molecule has 0 spiro atoms. The van der Waals surface area contributed by atoms with Crippen molar-refractivity contribution in [1.29, 1.82) is 0 Å². The molecule has 1 heterocycles. The predicted molar refractivity (Wildman–Crippen MR) is 108 cm³/mol. The molecule has 1 fully saturated rings.